The molecule has 0 bridgehead atoms. The van der Waals surface area contributed by atoms with E-state index in [9.17, 15) is 14.9 Å². The molecule has 0 saturated carbocycles. The van der Waals surface area contributed by atoms with Crippen LogP contribution in [-0.4, -0.2) is 36.9 Å². The van der Waals surface area contributed by atoms with Gasteiger partial charge in [0.1, 0.15) is 27.9 Å². The summed E-state index contributed by atoms with van der Waals surface area (Å²) in [6.45, 7) is 3.77. The van der Waals surface area contributed by atoms with Gasteiger partial charge in [-0.25, -0.2) is 4.68 Å². The molecule has 0 saturated heterocycles. The Morgan fingerprint density at radius 1 is 1.27 bits per heavy atom. The van der Waals surface area contributed by atoms with Gasteiger partial charge in [0.2, 0.25) is 0 Å². The molecule has 0 atom stereocenters. The molecule has 3 rings (SSSR count). The third-order valence-electron chi connectivity index (χ3n) is 4.28. The van der Waals surface area contributed by atoms with Gasteiger partial charge in [0, 0.05) is 12.7 Å². The van der Waals surface area contributed by atoms with Crippen LogP contribution >= 0.6 is 23.2 Å². The summed E-state index contributed by atoms with van der Waals surface area (Å²) in [6, 6.07) is 6.58. The Balaban J connectivity index is 1.53. The van der Waals surface area contributed by atoms with Gasteiger partial charge in [0.15, 0.2) is 6.73 Å². The normalized spacial score (nSPS) is 10.8. The van der Waals surface area contributed by atoms with Crippen molar-refractivity contribution in [1.82, 2.24) is 24.9 Å². The highest BCUT2D eigenvalue weighted by Gasteiger charge is 2.21. The molecular formula is C18H18Cl2N6O4. The third-order valence-corrected chi connectivity index (χ3v) is 5.08. The molecule has 30 heavy (non-hydrogen) atoms. The summed E-state index contributed by atoms with van der Waals surface area (Å²) in [4.78, 5) is 22.9. The standard InChI is InChI=1S/C18H18Cl2N6O4/c1-11-17(26(28)29)12(2)25(22-11)9-7-21-18(27)14-6-8-24(23-14)10-30-15-5-3-4-13(19)16(15)20/h3-6,8H,7,9-10H2,1-2H3,(H,21,27). The summed E-state index contributed by atoms with van der Waals surface area (Å²) in [5, 5.41) is 22.7. The minimum Gasteiger partial charge on any atom is -0.470 e. The lowest BCUT2D eigenvalue weighted by Crippen LogP contribution is -2.28. The predicted octanol–water partition coefficient (Wildman–Crippen LogP) is 3.38. The van der Waals surface area contributed by atoms with Crippen molar-refractivity contribution < 1.29 is 14.5 Å². The van der Waals surface area contributed by atoms with Crippen molar-refractivity contribution >= 4 is 34.8 Å². The molecule has 0 unspecified atom stereocenters. The van der Waals surface area contributed by atoms with Crippen molar-refractivity contribution in [2.45, 2.75) is 27.1 Å². The lowest BCUT2D eigenvalue weighted by atomic mass is 10.3. The molecule has 0 aliphatic rings. The zero-order valence-electron chi connectivity index (χ0n) is 16.1. The van der Waals surface area contributed by atoms with Crippen LogP contribution in [0.3, 0.4) is 0 Å². The number of ether oxygens (including phenoxy) is 1. The summed E-state index contributed by atoms with van der Waals surface area (Å²) >= 11 is 12.0. The van der Waals surface area contributed by atoms with Gasteiger partial charge in [-0.2, -0.15) is 10.2 Å². The van der Waals surface area contributed by atoms with Crippen LogP contribution in [0.15, 0.2) is 30.5 Å². The SMILES string of the molecule is Cc1nn(CCNC(=O)c2ccn(COc3cccc(Cl)c3Cl)n2)c(C)c1[N+](=O)[O-]. The number of amides is 1. The van der Waals surface area contributed by atoms with Crippen molar-refractivity contribution in [3.05, 3.63) is 67.7 Å². The van der Waals surface area contributed by atoms with E-state index in [1.165, 1.54) is 9.36 Å². The highest BCUT2D eigenvalue weighted by Crippen LogP contribution is 2.31. The first-order valence-electron chi connectivity index (χ1n) is 8.84. The number of halogens is 2. The number of hydrogen-bond donors (Lipinski definition) is 1. The second-order valence-electron chi connectivity index (χ2n) is 6.32. The summed E-state index contributed by atoms with van der Waals surface area (Å²) in [5.74, 6) is 0.0233. The van der Waals surface area contributed by atoms with Crippen LogP contribution in [-0.2, 0) is 13.3 Å². The predicted molar refractivity (Wildman–Crippen MR) is 110 cm³/mol. The van der Waals surface area contributed by atoms with E-state index in [1.807, 2.05) is 0 Å². The van der Waals surface area contributed by atoms with Gasteiger partial charge in [-0.3, -0.25) is 19.6 Å². The molecular weight excluding hydrogens is 435 g/mol. The van der Waals surface area contributed by atoms with Gasteiger partial charge >= 0.3 is 5.69 Å². The average molecular weight is 453 g/mol. The molecule has 0 fully saturated rings. The molecule has 0 radical (unpaired) electrons. The Morgan fingerprint density at radius 2 is 2.03 bits per heavy atom. The van der Waals surface area contributed by atoms with Crippen LogP contribution in [0.4, 0.5) is 5.69 Å². The fourth-order valence-electron chi connectivity index (χ4n) is 2.82. The van der Waals surface area contributed by atoms with Gasteiger partial charge in [-0.1, -0.05) is 29.3 Å². The molecule has 2 aromatic heterocycles. The van der Waals surface area contributed by atoms with Gasteiger partial charge in [0.05, 0.1) is 16.5 Å². The lowest BCUT2D eigenvalue weighted by Gasteiger charge is -2.08. The molecule has 1 aromatic carbocycles. The number of benzene rings is 1. The summed E-state index contributed by atoms with van der Waals surface area (Å²) in [7, 11) is 0. The molecule has 12 heteroatoms. The van der Waals surface area contributed by atoms with E-state index in [0.717, 1.165) is 0 Å². The Labute approximate surface area is 181 Å². The number of aryl methyl sites for hydroxylation is 1. The summed E-state index contributed by atoms with van der Waals surface area (Å²) in [6.07, 6.45) is 1.59. The smallest absolute Gasteiger partial charge is 0.312 e. The molecule has 0 aliphatic carbocycles. The first-order valence-corrected chi connectivity index (χ1v) is 9.60. The van der Waals surface area contributed by atoms with E-state index in [0.29, 0.717) is 33.7 Å². The summed E-state index contributed by atoms with van der Waals surface area (Å²) < 4.78 is 8.50. The number of nitrogens with zero attached hydrogens (tertiary/aromatic N) is 5. The number of rotatable bonds is 8. The van der Waals surface area contributed by atoms with Crippen molar-refractivity contribution in [2.75, 3.05) is 6.54 Å². The van der Waals surface area contributed by atoms with E-state index in [2.05, 4.69) is 15.5 Å². The van der Waals surface area contributed by atoms with Crippen molar-refractivity contribution in [3.8, 4) is 5.75 Å². The third kappa shape index (κ3) is 4.71. The Kier molecular flexibility index (Phi) is 6.58. The fraction of sp³-hybridized carbons (Fsp3) is 0.278. The van der Waals surface area contributed by atoms with Crippen LogP contribution in [0.25, 0.3) is 0 Å². The zero-order valence-corrected chi connectivity index (χ0v) is 17.6. The van der Waals surface area contributed by atoms with Gasteiger partial charge in [0.25, 0.3) is 5.91 Å². The highest BCUT2D eigenvalue weighted by atomic mass is 35.5. The molecule has 158 valence electrons. The van der Waals surface area contributed by atoms with Crippen molar-refractivity contribution in [3.63, 3.8) is 0 Å². The van der Waals surface area contributed by atoms with Crippen LogP contribution in [0.5, 0.6) is 5.75 Å². The van der Waals surface area contributed by atoms with Crippen LogP contribution in [0.1, 0.15) is 21.9 Å². The van der Waals surface area contributed by atoms with Crippen LogP contribution in [0, 0.1) is 24.0 Å². The zero-order chi connectivity index (χ0) is 21.8. The number of nitro groups is 1. The molecule has 1 amide bonds. The quantitative estimate of drug-likeness (QED) is 0.413. The maximum absolute atomic E-state index is 12.3. The van der Waals surface area contributed by atoms with Gasteiger partial charge < -0.3 is 10.1 Å². The fourth-order valence-corrected chi connectivity index (χ4v) is 3.17. The van der Waals surface area contributed by atoms with E-state index >= 15 is 0 Å². The summed E-state index contributed by atoms with van der Waals surface area (Å²) in [5.41, 5.74) is 0.963. The lowest BCUT2D eigenvalue weighted by molar-refractivity contribution is -0.386. The number of hydrogen-bond acceptors (Lipinski definition) is 6. The molecule has 3 aromatic rings. The monoisotopic (exact) mass is 452 g/mol. The number of carbonyl (C=O) groups excluding carboxylic acids is 1. The molecule has 1 N–H and O–H groups in total. The number of aromatic nitrogens is 4. The van der Waals surface area contributed by atoms with Gasteiger partial charge in [-0.15, -0.1) is 0 Å². The minimum absolute atomic E-state index is 0.0140. The Hall–Kier alpha value is -3.11. The average Bonchev–Trinajstić information content (AvgIpc) is 3.27. The van der Waals surface area contributed by atoms with Crippen LogP contribution in [0.2, 0.25) is 10.0 Å². The molecule has 0 aliphatic heterocycles. The molecule has 10 nitrogen and oxygen atoms in total. The highest BCUT2D eigenvalue weighted by molar-refractivity contribution is 6.42. The number of carbonyl (C=O) groups is 1. The minimum atomic E-state index is -0.460. The van der Waals surface area contributed by atoms with E-state index in [4.69, 9.17) is 27.9 Å². The van der Waals surface area contributed by atoms with Gasteiger partial charge in [-0.05, 0) is 32.0 Å². The van der Waals surface area contributed by atoms with Crippen molar-refractivity contribution in [1.29, 1.82) is 0 Å². The van der Waals surface area contributed by atoms with E-state index in [1.54, 1.807) is 44.3 Å². The molecule has 0 spiro atoms. The molecule has 2 heterocycles. The largest absolute Gasteiger partial charge is 0.470 e. The second-order valence-corrected chi connectivity index (χ2v) is 7.11. The van der Waals surface area contributed by atoms with E-state index in [-0.39, 0.29) is 30.6 Å². The Bertz CT molecular complexity index is 1090. The van der Waals surface area contributed by atoms with E-state index < -0.39 is 4.92 Å². The van der Waals surface area contributed by atoms with Crippen molar-refractivity contribution in [2.24, 2.45) is 0 Å². The first kappa shape index (κ1) is 21.6. The first-order chi connectivity index (χ1) is 14.3. The topological polar surface area (TPSA) is 117 Å². The number of nitrogens with one attached hydrogen (secondary N) is 1. The van der Waals surface area contributed by atoms with Crippen LogP contribution < -0.4 is 10.1 Å². The Morgan fingerprint density at radius 3 is 2.73 bits per heavy atom. The maximum Gasteiger partial charge on any atom is 0.312 e. The second kappa shape index (κ2) is 9.14. The maximum atomic E-state index is 12.3.